The normalized spacial score (nSPS) is 21.2. The second-order valence-electron chi connectivity index (χ2n) is 5.24. The molecule has 2 atom stereocenters. The van der Waals surface area contributed by atoms with E-state index in [9.17, 15) is 13.2 Å². The van der Waals surface area contributed by atoms with Crippen LogP contribution in [0.3, 0.4) is 0 Å². The van der Waals surface area contributed by atoms with Crippen LogP contribution in [-0.4, -0.2) is 35.5 Å². The minimum atomic E-state index is -4.39. The van der Waals surface area contributed by atoms with Crippen LogP contribution < -0.4 is 5.73 Å². The van der Waals surface area contributed by atoms with Crippen molar-refractivity contribution < 1.29 is 22.6 Å². The first kappa shape index (κ1) is 15.3. The van der Waals surface area contributed by atoms with E-state index in [-0.39, 0.29) is 11.6 Å². The van der Waals surface area contributed by atoms with Crippen LogP contribution in [0, 0.1) is 0 Å². The number of aryl methyl sites for hydroxylation is 1. The van der Waals surface area contributed by atoms with Gasteiger partial charge in [0.25, 0.3) is 0 Å². The van der Waals surface area contributed by atoms with E-state index in [2.05, 4.69) is 4.98 Å². The van der Waals surface area contributed by atoms with Crippen molar-refractivity contribution in [3.63, 3.8) is 0 Å². The second-order valence-corrected chi connectivity index (χ2v) is 5.24. The van der Waals surface area contributed by atoms with Crippen molar-refractivity contribution in [3.05, 3.63) is 29.6 Å². The van der Waals surface area contributed by atoms with E-state index in [1.165, 1.54) is 6.07 Å². The van der Waals surface area contributed by atoms with E-state index in [0.29, 0.717) is 31.2 Å². The van der Waals surface area contributed by atoms with Crippen molar-refractivity contribution in [2.75, 3.05) is 19.8 Å². The van der Waals surface area contributed by atoms with Gasteiger partial charge in [-0.3, -0.25) is 0 Å². The molecule has 1 saturated heterocycles. The van der Waals surface area contributed by atoms with Gasteiger partial charge in [0.2, 0.25) is 0 Å². The number of aromatic nitrogens is 2. The average molecular weight is 315 g/mol. The molecule has 2 N–H and O–H groups in total. The Kier molecular flexibility index (Phi) is 3.84. The van der Waals surface area contributed by atoms with Gasteiger partial charge in [0, 0.05) is 7.05 Å². The van der Waals surface area contributed by atoms with E-state index in [4.69, 9.17) is 15.2 Å². The number of imidazole rings is 1. The lowest BCUT2D eigenvalue weighted by Crippen LogP contribution is -2.39. The summed E-state index contributed by atoms with van der Waals surface area (Å²) < 4.78 is 50.9. The highest BCUT2D eigenvalue weighted by atomic mass is 19.4. The summed E-state index contributed by atoms with van der Waals surface area (Å²) in [6.45, 7) is 1.30. The summed E-state index contributed by atoms with van der Waals surface area (Å²) in [5, 5.41) is 0. The molecule has 0 amide bonds. The highest BCUT2D eigenvalue weighted by Gasteiger charge is 2.32. The van der Waals surface area contributed by atoms with Crippen molar-refractivity contribution >= 4 is 11.0 Å². The lowest BCUT2D eigenvalue weighted by molar-refractivity contribution is -0.137. The zero-order valence-corrected chi connectivity index (χ0v) is 11.9. The Balaban J connectivity index is 1.98. The van der Waals surface area contributed by atoms with Gasteiger partial charge < -0.3 is 19.8 Å². The molecule has 1 aliphatic rings. The fourth-order valence-electron chi connectivity index (χ4n) is 2.57. The molecule has 0 saturated carbocycles. The Morgan fingerprint density at radius 1 is 1.36 bits per heavy atom. The fraction of sp³-hybridized carbons (Fsp3) is 0.500. The topological polar surface area (TPSA) is 62.3 Å². The molecular formula is C14H16F3N3O2. The maximum atomic E-state index is 12.8. The number of alkyl halides is 3. The average Bonchev–Trinajstić information content (AvgIpc) is 2.83. The Labute approximate surface area is 124 Å². The molecule has 0 unspecified atom stereocenters. The van der Waals surface area contributed by atoms with Crippen LogP contribution >= 0.6 is 0 Å². The number of nitrogens with zero attached hydrogens (tertiary/aromatic N) is 2. The van der Waals surface area contributed by atoms with E-state index >= 15 is 0 Å². The minimum Gasteiger partial charge on any atom is -0.376 e. The molecule has 120 valence electrons. The quantitative estimate of drug-likeness (QED) is 0.921. The second kappa shape index (κ2) is 5.53. The van der Waals surface area contributed by atoms with Crippen molar-refractivity contribution in [3.8, 4) is 0 Å². The van der Waals surface area contributed by atoms with Gasteiger partial charge in [-0.2, -0.15) is 13.2 Å². The lowest BCUT2D eigenvalue weighted by atomic mass is 10.1. The summed E-state index contributed by atoms with van der Waals surface area (Å²) in [6, 6.07) is 2.91. The molecule has 0 aliphatic carbocycles. The predicted octanol–water partition coefficient (Wildman–Crippen LogP) is 2.01. The van der Waals surface area contributed by atoms with Gasteiger partial charge in [0.05, 0.1) is 42.5 Å². The van der Waals surface area contributed by atoms with Crippen molar-refractivity contribution in [2.24, 2.45) is 12.8 Å². The van der Waals surface area contributed by atoms with E-state index in [0.717, 1.165) is 12.1 Å². The standard InChI is InChI=1S/C14H16F3N3O2/c1-20-10-3-2-8(14(15,16)17)6-9(10)19-13(20)12(18)11-7-21-4-5-22-11/h2-3,6,11-12H,4-5,7,18H2,1H3/t11-,12+/m1/s1. The third-order valence-corrected chi connectivity index (χ3v) is 3.78. The Morgan fingerprint density at radius 3 is 2.77 bits per heavy atom. The molecule has 1 aromatic carbocycles. The number of hydrogen-bond donors (Lipinski definition) is 1. The van der Waals surface area contributed by atoms with Crippen LogP contribution in [0.15, 0.2) is 18.2 Å². The number of hydrogen-bond acceptors (Lipinski definition) is 4. The molecule has 2 aromatic rings. The molecule has 5 nitrogen and oxygen atoms in total. The largest absolute Gasteiger partial charge is 0.416 e. The highest BCUT2D eigenvalue weighted by Crippen LogP contribution is 2.32. The van der Waals surface area contributed by atoms with E-state index in [1.807, 2.05) is 0 Å². The molecule has 0 bridgehead atoms. The van der Waals surface area contributed by atoms with Gasteiger partial charge in [-0.25, -0.2) is 4.98 Å². The SMILES string of the molecule is Cn1c([C@@H](N)[C@H]2COCCO2)nc2cc(C(F)(F)F)ccc21. The summed E-state index contributed by atoms with van der Waals surface area (Å²) in [7, 11) is 1.72. The molecule has 0 radical (unpaired) electrons. The van der Waals surface area contributed by atoms with E-state index in [1.54, 1.807) is 11.6 Å². The number of halogens is 3. The van der Waals surface area contributed by atoms with Crippen molar-refractivity contribution in [1.82, 2.24) is 9.55 Å². The van der Waals surface area contributed by atoms with Crippen LogP contribution in [0.1, 0.15) is 17.4 Å². The van der Waals surface area contributed by atoms with Gasteiger partial charge in [-0.1, -0.05) is 0 Å². The summed E-state index contributed by atoms with van der Waals surface area (Å²) in [5.41, 5.74) is 6.28. The summed E-state index contributed by atoms with van der Waals surface area (Å²) in [6.07, 6.45) is -4.75. The zero-order chi connectivity index (χ0) is 15.9. The number of ether oxygens (including phenoxy) is 2. The monoisotopic (exact) mass is 315 g/mol. The molecule has 1 aliphatic heterocycles. The van der Waals surface area contributed by atoms with Crippen LogP contribution in [0.5, 0.6) is 0 Å². The molecule has 2 heterocycles. The number of fused-ring (bicyclic) bond motifs is 1. The van der Waals surface area contributed by atoms with Gasteiger partial charge in [-0.05, 0) is 18.2 Å². The lowest BCUT2D eigenvalue weighted by Gasteiger charge is -2.27. The number of rotatable bonds is 2. The predicted molar refractivity (Wildman–Crippen MR) is 73.2 cm³/mol. The summed E-state index contributed by atoms with van der Waals surface area (Å²) in [5.74, 6) is 0.477. The molecule has 0 spiro atoms. The molecule has 8 heteroatoms. The first-order chi connectivity index (χ1) is 10.4. The van der Waals surface area contributed by atoms with Gasteiger partial charge in [0.15, 0.2) is 0 Å². The van der Waals surface area contributed by atoms with Crippen LogP contribution in [0.2, 0.25) is 0 Å². The third-order valence-electron chi connectivity index (χ3n) is 3.78. The van der Waals surface area contributed by atoms with Crippen LogP contribution in [0.4, 0.5) is 13.2 Å². The summed E-state index contributed by atoms with van der Waals surface area (Å²) >= 11 is 0. The van der Waals surface area contributed by atoms with Crippen LogP contribution in [0.25, 0.3) is 11.0 Å². The molecule has 1 aromatic heterocycles. The Morgan fingerprint density at radius 2 is 2.14 bits per heavy atom. The maximum Gasteiger partial charge on any atom is 0.416 e. The minimum absolute atomic E-state index is 0.263. The van der Waals surface area contributed by atoms with Crippen LogP contribution in [-0.2, 0) is 22.7 Å². The van der Waals surface area contributed by atoms with Crippen molar-refractivity contribution in [2.45, 2.75) is 18.3 Å². The Bertz CT molecular complexity index is 678. The summed E-state index contributed by atoms with van der Waals surface area (Å²) in [4.78, 5) is 4.26. The fourth-order valence-corrected chi connectivity index (χ4v) is 2.57. The number of nitrogens with two attached hydrogens (primary N) is 1. The van der Waals surface area contributed by atoms with E-state index < -0.39 is 17.8 Å². The highest BCUT2D eigenvalue weighted by molar-refractivity contribution is 5.77. The zero-order valence-electron chi connectivity index (χ0n) is 11.9. The Hall–Kier alpha value is -1.64. The smallest absolute Gasteiger partial charge is 0.376 e. The molecule has 3 rings (SSSR count). The molecule has 22 heavy (non-hydrogen) atoms. The molecular weight excluding hydrogens is 299 g/mol. The first-order valence-corrected chi connectivity index (χ1v) is 6.86. The van der Waals surface area contributed by atoms with Gasteiger partial charge in [-0.15, -0.1) is 0 Å². The third kappa shape index (κ3) is 2.69. The molecule has 1 fully saturated rings. The van der Waals surface area contributed by atoms with Gasteiger partial charge >= 0.3 is 6.18 Å². The maximum absolute atomic E-state index is 12.8. The van der Waals surface area contributed by atoms with Gasteiger partial charge in [0.1, 0.15) is 11.9 Å². The first-order valence-electron chi connectivity index (χ1n) is 6.86. The van der Waals surface area contributed by atoms with Crippen molar-refractivity contribution in [1.29, 1.82) is 0 Å². The number of benzene rings is 1.